The molecule has 1 aromatic heterocycles. The van der Waals surface area contributed by atoms with Crippen LogP contribution in [0, 0.1) is 0 Å². The van der Waals surface area contributed by atoms with Crippen molar-refractivity contribution in [1.82, 2.24) is 4.72 Å². The zero-order valence-corrected chi connectivity index (χ0v) is 18.7. The Hall–Kier alpha value is -3.69. The quantitative estimate of drug-likeness (QED) is 0.198. The number of ketones is 1. The van der Waals surface area contributed by atoms with Crippen molar-refractivity contribution < 1.29 is 31.9 Å². The molecule has 0 amide bonds. The van der Waals surface area contributed by atoms with Gasteiger partial charge in [-0.1, -0.05) is 24.3 Å². The van der Waals surface area contributed by atoms with Crippen LogP contribution in [-0.4, -0.2) is 33.4 Å². The molecule has 8 nitrogen and oxygen atoms in total. The van der Waals surface area contributed by atoms with Crippen LogP contribution in [-0.2, 0) is 26.1 Å². The number of Topliss-reactive ketones (excluding diaryl/α,β-unsaturated/α-hetero) is 1. The van der Waals surface area contributed by atoms with Gasteiger partial charge in [0.1, 0.15) is 24.7 Å². The molecule has 2 aromatic carbocycles. The van der Waals surface area contributed by atoms with Gasteiger partial charge in [-0.25, -0.2) is 17.9 Å². The molecule has 0 fully saturated rings. The molecule has 172 valence electrons. The van der Waals surface area contributed by atoms with Crippen LogP contribution in [0.3, 0.4) is 0 Å². The Labute approximate surface area is 191 Å². The van der Waals surface area contributed by atoms with E-state index in [1.54, 1.807) is 48.5 Å². The molecule has 1 heterocycles. The van der Waals surface area contributed by atoms with Crippen molar-refractivity contribution >= 4 is 27.9 Å². The molecule has 0 saturated carbocycles. The van der Waals surface area contributed by atoms with E-state index in [9.17, 15) is 18.0 Å². The van der Waals surface area contributed by atoms with Gasteiger partial charge in [-0.15, -0.1) is 0 Å². The number of hydrogen-bond donors (Lipinski definition) is 1. The largest absolute Gasteiger partial charge is 0.489 e. The second kappa shape index (κ2) is 11.3. The lowest BCUT2D eigenvalue weighted by Crippen LogP contribution is -2.22. The van der Waals surface area contributed by atoms with E-state index in [0.717, 1.165) is 0 Å². The van der Waals surface area contributed by atoms with E-state index in [4.69, 9.17) is 13.9 Å². The highest BCUT2D eigenvalue weighted by atomic mass is 32.2. The molecule has 0 radical (unpaired) electrons. The maximum Gasteiger partial charge on any atom is 0.330 e. The van der Waals surface area contributed by atoms with E-state index in [0.29, 0.717) is 22.6 Å². The maximum atomic E-state index is 12.3. The Bertz CT molecular complexity index is 1210. The molecule has 0 saturated heterocycles. The average Bonchev–Trinajstić information content (AvgIpc) is 3.33. The Kier molecular flexibility index (Phi) is 8.17. The number of rotatable bonds is 11. The Morgan fingerprint density at radius 2 is 1.76 bits per heavy atom. The third-order valence-corrected chi connectivity index (χ3v) is 5.89. The van der Waals surface area contributed by atoms with Gasteiger partial charge in [0.25, 0.3) is 0 Å². The van der Waals surface area contributed by atoms with Gasteiger partial charge in [-0.05, 0) is 55.0 Å². The number of nitrogens with one attached hydrogen (secondary N) is 1. The normalized spacial score (nSPS) is 11.4. The van der Waals surface area contributed by atoms with Gasteiger partial charge < -0.3 is 13.9 Å². The van der Waals surface area contributed by atoms with Gasteiger partial charge in [-0.3, -0.25) is 4.79 Å². The number of esters is 1. The minimum absolute atomic E-state index is 0.00787. The maximum absolute atomic E-state index is 12.3. The second-order valence-electron chi connectivity index (χ2n) is 6.87. The highest BCUT2D eigenvalue weighted by molar-refractivity contribution is 7.89. The van der Waals surface area contributed by atoms with Crippen molar-refractivity contribution in [3.8, 4) is 5.75 Å². The molecule has 3 aromatic rings. The smallest absolute Gasteiger partial charge is 0.330 e. The summed E-state index contributed by atoms with van der Waals surface area (Å²) >= 11 is 0. The van der Waals surface area contributed by atoms with Gasteiger partial charge in [0, 0.05) is 6.08 Å². The van der Waals surface area contributed by atoms with Crippen molar-refractivity contribution in [2.45, 2.75) is 18.4 Å². The lowest BCUT2D eigenvalue weighted by atomic mass is 10.1. The molecule has 0 aliphatic carbocycles. The molecule has 0 unspecified atom stereocenters. The number of carbonyl (C=O) groups excluding carboxylic acids is 2. The van der Waals surface area contributed by atoms with Gasteiger partial charge in [-0.2, -0.15) is 0 Å². The molecule has 1 N–H and O–H groups in total. The van der Waals surface area contributed by atoms with E-state index < -0.39 is 16.0 Å². The number of carbonyl (C=O) groups is 2. The van der Waals surface area contributed by atoms with E-state index >= 15 is 0 Å². The summed E-state index contributed by atoms with van der Waals surface area (Å²) in [5, 5.41) is 0. The highest BCUT2D eigenvalue weighted by Crippen LogP contribution is 2.18. The standard InChI is InChI=1S/C24H23NO7S/c1-18(26)22-6-2-3-7-23(22)31-15-16-32-24(27)13-10-19-8-11-21(12-9-19)33(28,29)25-17-20-5-4-14-30-20/h2-14,25H,15-17H2,1H3/b13-10+. The van der Waals surface area contributed by atoms with E-state index in [-0.39, 0.29) is 30.4 Å². The first-order valence-electron chi connectivity index (χ1n) is 10.0. The lowest BCUT2D eigenvalue weighted by molar-refractivity contribution is -0.138. The van der Waals surface area contributed by atoms with Crippen LogP contribution in [0.25, 0.3) is 6.08 Å². The lowest BCUT2D eigenvalue weighted by Gasteiger charge is -2.09. The fourth-order valence-corrected chi connectivity index (χ4v) is 3.80. The Balaban J connectivity index is 1.45. The predicted octanol–water partition coefficient (Wildman–Crippen LogP) is 3.60. The molecular weight excluding hydrogens is 446 g/mol. The fourth-order valence-electron chi connectivity index (χ4n) is 2.81. The summed E-state index contributed by atoms with van der Waals surface area (Å²) in [6.07, 6.45) is 4.22. The zero-order chi connectivity index (χ0) is 23.7. The molecule has 0 bridgehead atoms. The first kappa shape index (κ1) is 24.0. The third-order valence-electron chi connectivity index (χ3n) is 4.47. The first-order chi connectivity index (χ1) is 15.8. The minimum Gasteiger partial charge on any atom is -0.489 e. The van der Waals surface area contributed by atoms with Crippen LogP contribution in [0.5, 0.6) is 5.75 Å². The number of hydrogen-bond acceptors (Lipinski definition) is 7. The molecular formula is C24H23NO7S. The van der Waals surface area contributed by atoms with Crippen molar-refractivity contribution in [2.24, 2.45) is 0 Å². The fraction of sp³-hybridized carbons (Fsp3) is 0.167. The summed E-state index contributed by atoms with van der Waals surface area (Å²) in [4.78, 5) is 23.6. The summed E-state index contributed by atoms with van der Waals surface area (Å²) in [5.74, 6) is 0.253. The summed E-state index contributed by atoms with van der Waals surface area (Å²) < 4.78 is 42.8. The monoisotopic (exact) mass is 469 g/mol. The topological polar surface area (TPSA) is 112 Å². The molecule has 0 atom stereocenters. The summed E-state index contributed by atoms with van der Waals surface area (Å²) in [6, 6.07) is 16.2. The predicted molar refractivity (Wildman–Crippen MR) is 121 cm³/mol. The SMILES string of the molecule is CC(=O)c1ccccc1OCCOC(=O)/C=C/c1ccc(S(=O)(=O)NCc2ccco2)cc1. The summed E-state index contributed by atoms with van der Waals surface area (Å²) in [5.41, 5.74) is 1.09. The van der Waals surface area contributed by atoms with Crippen molar-refractivity contribution in [3.63, 3.8) is 0 Å². The molecule has 33 heavy (non-hydrogen) atoms. The highest BCUT2D eigenvalue weighted by Gasteiger charge is 2.14. The van der Waals surface area contributed by atoms with Crippen LogP contribution in [0.15, 0.2) is 82.3 Å². The second-order valence-corrected chi connectivity index (χ2v) is 8.64. The average molecular weight is 470 g/mol. The van der Waals surface area contributed by atoms with E-state index in [1.807, 2.05) is 0 Å². The van der Waals surface area contributed by atoms with Gasteiger partial charge >= 0.3 is 5.97 Å². The van der Waals surface area contributed by atoms with Gasteiger partial charge in [0.05, 0.1) is 23.3 Å². The zero-order valence-electron chi connectivity index (χ0n) is 17.9. The van der Waals surface area contributed by atoms with Crippen LogP contribution in [0.2, 0.25) is 0 Å². The Morgan fingerprint density at radius 3 is 2.45 bits per heavy atom. The number of benzene rings is 2. The molecule has 0 aliphatic heterocycles. The summed E-state index contributed by atoms with van der Waals surface area (Å²) in [6.45, 7) is 1.61. The molecule has 3 rings (SSSR count). The van der Waals surface area contributed by atoms with E-state index in [1.165, 1.54) is 37.5 Å². The summed E-state index contributed by atoms with van der Waals surface area (Å²) in [7, 11) is -3.69. The number of para-hydroxylation sites is 1. The van der Waals surface area contributed by atoms with Crippen LogP contribution in [0.4, 0.5) is 0 Å². The third kappa shape index (κ3) is 7.16. The number of ether oxygens (including phenoxy) is 2. The minimum atomic E-state index is -3.69. The van der Waals surface area contributed by atoms with Gasteiger partial charge in [0.2, 0.25) is 10.0 Å². The number of furan rings is 1. The molecule has 0 aliphatic rings. The number of sulfonamides is 1. The Morgan fingerprint density at radius 1 is 1.00 bits per heavy atom. The molecule has 0 spiro atoms. The van der Waals surface area contributed by atoms with E-state index in [2.05, 4.69) is 4.72 Å². The van der Waals surface area contributed by atoms with Crippen LogP contribution >= 0.6 is 0 Å². The first-order valence-corrected chi connectivity index (χ1v) is 11.5. The van der Waals surface area contributed by atoms with Crippen LogP contribution < -0.4 is 9.46 Å². The van der Waals surface area contributed by atoms with Crippen LogP contribution in [0.1, 0.15) is 28.6 Å². The molecule has 9 heteroatoms. The van der Waals surface area contributed by atoms with Crippen molar-refractivity contribution in [1.29, 1.82) is 0 Å². The van der Waals surface area contributed by atoms with Gasteiger partial charge in [0.15, 0.2) is 5.78 Å². The van der Waals surface area contributed by atoms with Crippen molar-refractivity contribution in [2.75, 3.05) is 13.2 Å². The van der Waals surface area contributed by atoms with Crippen molar-refractivity contribution in [3.05, 3.63) is 89.9 Å².